The number of rotatable bonds is 1. The number of hydrogen-bond acceptors (Lipinski definition) is 2. The topological polar surface area (TPSA) is 21.3 Å². The fraction of sp³-hybridized carbons (Fsp3) is 0.600. The lowest BCUT2D eigenvalue weighted by Crippen LogP contribution is -2.34. The van der Waals surface area contributed by atoms with Gasteiger partial charge in [0.05, 0.1) is 6.61 Å². The molecule has 2 aliphatic rings. The predicted octanol–water partition coefficient (Wildman–Crippen LogP) is 2.72. The highest BCUT2D eigenvalue weighted by molar-refractivity contribution is 5.45. The van der Waals surface area contributed by atoms with Gasteiger partial charge < -0.3 is 10.1 Å². The van der Waals surface area contributed by atoms with E-state index in [1.807, 2.05) is 0 Å². The number of hydrogen-bond donors (Lipinski definition) is 1. The highest BCUT2D eigenvalue weighted by Gasteiger charge is 2.25. The third-order valence-electron chi connectivity index (χ3n) is 3.97. The minimum absolute atomic E-state index is 0.631. The Morgan fingerprint density at radius 3 is 3.12 bits per heavy atom. The summed E-state index contributed by atoms with van der Waals surface area (Å²) in [5.41, 5.74) is 2.84. The van der Waals surface area contributed by atoms with Crippen molar-refractivity contribution >= 4 is 0 Å². The molecule has 0 bridgehead atoms. The summed E-state index contributed by atoms with van der Waals surface area (Å²) < 4.78 is 5.92. The summed E-state index contributed by atoms with van der Waals surface area (Å²) >= 11 is 0. The maximum absolute atomic E-state index is 5.92. The lowest BCUT2D eigenvalue weighted by atomic mass is 9.84. The molecule has 2 unspecified atom stereocenters. The molecule has 2 atom stereocenters. The van der Waals surface area contributed by atoms with Crippen LogP contribution in [0.4, 0.5) is 0 Å². The molecule has 2 heterocycles. The van der Waals surface area contributed by atoms with Crippen LogP contribution < -0.4 is 10.1 Å². The Balaban J connectivity index is 1.91. The zero-order chi connectivity index (χ0) is 11.7. The Hall–Kier alpha value is -1.02. The first-order chi connectivity index (χ1) is 8.34. The molecule has 1 N–H and O–H groups in total. The lowest BCUT2D eigenvalue weighted by molar-refractivity contribution is 0.277. The van der Waals surface area contributed by atoms with Crippen LogP contribution in [-0.2, 0) is 6.42 Å². The van der Waals surface area contributed by atoms with Crippen molar-refractivity contribution in [3.8, 4) is 5.75 Å². The minimum Gasteiger partial charge on any atom is -0.493 e. The van der Waals surface area contributed by atoms with E-state index in [-0.39, 0.29) is 0 Å². The number of ether oxygens (including phenoxy) is 1. The van der Waals surface area contributed by atoms with Crippen molar-refractivity contribution in [3.63, 3.8) is 0 Å². The van der Waals surface area contributed by atoms with Gasteiger partial charge in [-0.2, -0.15) is 0 Å². The van der Waals surface area contributed by atoms with Gasteiger partial charge in [-0.1, -0.05) is 25.1 Å². The highest BCUT2D eigenvalue weighted by atomic mass is 16.5. The summed E-state index contributed by atoms with van der Waals surface area (Å²) in [5.74, 6) is 2.60. The first-order valence-corrected chi connectivity index (χ1v) is 6.80. The molecular weight excluding hydrogens is 210 g/mol. The normalized spacial score (nSPS) is 28.3. The third kappa shape index (κ3) is 2.19. The Labute approximate surface area is 103 Å². The second-order valence-corrected chi connectivity index (χ2v) is 5.48. The zero-order valence-corrected chi connectivity index (χ0v) is 10.5. The molecule has 0 radical (unpaired) electrons. The van der Waals surface area contributed by atoms with Crippen LogP contribution in [0.15, 0.2) is 18.2 Å². The number of piperidine rings is 1. The van der Waals surface area contributed by atoms with E-state index in [0.29, 0.717) is 5.92 Å². The molecule has 1 saturated heterocycles. The van der Waals surface area contributed by atoms with E-state index in [0.717, 1.165) is 32.0 Å². The molecule has 2 nitrogen and oxygen atoms in total. The van der Waals surface area contributed by atoms with Crippen LogP contribution >= 0.6 is 0 Å². The van der Waals surface area contributed by atoms with Gasteiger partial charge in [0.2, 0.25) is 0 Å². The molecule has 0 saturated carbocycles. The summed E-state index contributed by atoms with van der Waals surface area (Å²) in [4.78, 5) is 0. The van der Waals surface area contributed by atoms with Crippen LogP contribution in [0.25, 0.3) is 0 Å². The molecule has 0 amide bonds. The largest absolute Gasteiger partial charge is 0.493 e. The predicted molar refractivity (Wildman–Crippen MR) is 69.6 cm³/mol. The SMILES string of the molecule is CC1CNCC(c2cccc3c2OCCC3)C1. The quantitative estimate of drug-likeness (QED) is 0.802. The molecule has 17 heavy (non-hydrogen) atoms. The van der Waals surface area contributed by atoms with Crippen molar-refractivity contribution in [1.29, 1.82) is 0 Å². The molecule has 2 heteroatoms. The van der Waals surface area contributed by atoms with E-state index in [9.17, 15) is 0 Å². The van der Waals surface area contributed by atoms with E-state index in [1.54, 1.807) is 0 Å². The van der Waals surface area contributed by atoms with Gasteiger partial charge in [0.25, 0.3) is 0 Å². The average molecular weight is 231 g/mol. The molecule has 0 spiro atoms. The van der Waals surface area contributed by atoms with Crippen molar-refractivity contribution in [2.24, 2.45) is 5.92 Å². The van der Waals surface area contributed by atoms with Gasteiger partial charge in [-0.15, -0.1) is 0 Å². The first-order valence-electron chi connectivity index (χ1n) is 6.80. The van der Waals surface area contributed by atoms with E-state index in [2.05, 4.69) is 30.4 Å². The molecule has 0 aliphatic carbocycles. The molecule has 1 aromatic carbocycles. The number of nitrogens with one attached hydrogen (secondary N) is 1. The van der Waals surface area contributed by atoms with Gasteiger partial charge in [0.1, 0.15) is 5.75 Å². The van der Waals surface area contributed by atoms with E-state index in [1.165, 1.54) is 29.7 Å². The number of aryl methyl sites for hydroxylation is 1. The van der Waals surface area contributed by atoms with Crippen molar-refractivity contribution in [2.45, 2.75) is 32.1 Å². The van der Waals surface area contributed by atoms with Crippen LogP contribution in [0, 0.1) is 5.92 Å². The van der Waals surface area contributed by atoms with Crippen LogP contribution in [0.2, 0.25) is 0 Å². The van der Waals surface area contributed by atoms with Gasteiger partial charge in [0, 0.05) is 12.5 Å². The molecule has 1 aromatic rings. The van der Waals surface area contributed by atoms with E-state index >= 15 is 0 Å². The molecule has 0 aromatic heterocycles. The van der Waals surface area contributed by atoms with Gasteiger partial charge in [-0.3, -0.25) is 0 Å². The summed E-state index contributed by atoms with van der Waals surface area (Å²) in [6.07, 6.45) is 3.63. The average Bonchev–Trinajstić information content (AvgIpc) is 2.38. The van der Waals surface area contributed by atoms with Crippen LogP contribution in [0.5, 0.6) is 5.75 Å². The highest BCUT2D eigenvalue weighted by Crippen LogP contribution is 2.37. The van der Waals surface area contributed by atoms with Crippen molar-refractivity contribution in [1.82, 2.24) is 5.32 Å². The molecule has 3 rings (SSSR count). The summed E-state index contributed by atoms with van der Waals surface area (Å²) in [6.45, 7) is 5.48. The molecular formula is C15H21NO. The Bertz CT molecular complexity index is 402. The van der Waals surface area contributed by atoms with Crippen LogP contribution in [0.3, 0.4) is 0 Å². The van der Waals surface area contributed by atoms with Crippen molar-refractivity contribution in [2.75, 3.05) is 19.7 Å². The van der Waals surface area contributed by atoms with Gasteiger partial charge in [0.15, 0.2) is 0 Å². The number of para-hydroxylation sites is 1. The lowest BCUT2D eigenvalue weighted by Gasteiger charge is -2.31. The fourth-order valence-electron chi connectivity index (χ4n) is 3.13. The zero-order valence-electron chi connectivity index (χ0n) is 10.5. The Morgan fingerprint density at radius 1 is 1.29 bits per heavy atom. The Morgan fingerprint density at radius 2 is 2.24 bits per heavy atom. The van der Waals surface area contributed by atoms with Gasteiger partial charge in [-0.05, 0) is 42.9 Å². The second kappa shape index (κ2) is 4.69. The smallest absolute Gasteiger partial charge is 0.125 e. The van der Waals surface area contributed by atoms with Crippen molar-refractivity contribution < 1.29 is 4.74 Å². The second-order valence-electron chi connectivity index (χ2n) is 5.48. The van der Waals surface area contributed by atoms with Gasteiger partial charge >= 0.3 is 0 Å². The fourth-order valence-corrected chi connectivity index (χ4v) is 3.13. The van der Waals surface area contributed by atoms with Crippen LogP contribution in [-0.4, -0.2) is 19.7 Å². The van der Waals surface area contributed by atoms with Crippen LogP contribution in [0.1, 0.15) is 36.8 Å². The number of benzene rings is 1. The third-order valence-corrected chi connectivity index (χ3v) is 3.97. The summed E-state index contributed by atoms with van der Waals surface area (Å²) in [5, 5.41) is 3.53. The minimum atomic E-state index is 0.631. The molecule has 2 aliphatic heterocycles. The maximum Gasteiger partial charge on any atom is 0.125 e. The molecule has 1 fully saturated rings. The first kappa shape index (κ1) is 11.1. The van der Waals surface area contributed by atoms with Crippen molar-refractivity contribution in [3.05, 3.63) is 29.3 Å². The summed E-state index contributed by atoms with van der Waals surface area (Å²) in [6, 6.07) is 6.67. The van der Waals surface area contributed by atoms with Gasteiger partial charge in [-0.25, -0.2) is 0 Å². The standard InChI is InChI=1S/C15H21NO/c1-11-8-13(10-16-9-11)14-6-2-4-12-5-3-7-17-15(12)14/h2,4,6,11,13,16H,3,5,7-10H2,1H3. The maximum atomic E-state index is 5.92. The van der Waals surface area contributed by atoms with E-state index in [4.69, 9.17) is 4.74 Å². The number of fused-ring (bicyclic) bond motifs is 1. The monoisotopic (exact) mass is 231 g/mol. The molecule has 92 valence electrons. The summed E-state index contributed by atoms with van der Waals surface area (Å²) in [7, 11) is 0. The Kier molecular flexibility index (Phi) is 3.06. The van der Waals surface area contributed by atoms with E-state index < -0.39 is 0 Å².